The van der Waals surface area contributed by atoms with Gasteiger partial charge in [-0.25, -0.2) is 9.59 Å². The first-order chi connectivity index (χ1) is 8.43. The van der Waals surface area contributed by atoms with Crippen LogP contribution < -0.4 is 15.4 Å². The van der Waals surface area contributed by atoms with Crippen LogP contribution in [0, 0.1) is 0 Å². The van der Waals surface area contributed by atoms with E-state index in [9.17, 15) is 9.59 Å². The zero-order chi connectivity index (χ0) is 13.7. The van der Waals surface area contributed by atoms with Crippen molar-refractivity contribution in [3.05, 3.63) is 23.8 Å². The Balaban J connectivity index is 2.89. The Kier molecular flexibility index (Phi) is 4.53. The summed E-state index contributed by atoms with van der Waals surface area (Å²) in [4.78, 5) is 22.3. The number of hydrogen-bond donors (Lipinski definition) is 3. The zero-order valence-corrected chi connectivity index (χ0v) is 10.5. The van der Waals surface area contributed by atoms with Gasteiger partial charge in [-0.3, -0.25) is 0 Å². The van der Waals surface area contributed by atoms with E-state index in [1.165, 1.54) is 25.3 Å². The normalized spacial score (nSPS) is 10.0. The highest BCUT2D eigenvalue weighted by Gasteiger charge is 2.11. The van der Waals surface area contributed by atoms with Gasteiger partial charge in [0, 0.05) is 6.04 Å². The third-order valence-electron chi connectivity index (χ3n) is 2.12. The van der Waals surface area contributed by atoms with Crippen LogP contribution in [0.4, 0.5) is 10.5 Å². The number of carbonyl (C=O) groups is 2. The second-order valence-corrected chi connectivity index (χ2v) is 3.97. The van der Waals surface area contributed by atoms with Gasteiger partial charge in [-0.15, -0.1) is 0 Å². The van der Waals surface area contributed by atoms with E-state index in [4.69, 9.17) is 9.84 Å². The summed E-state index contributed by atoms with van der Waals surface area (Å²) in [5, 5.41) is 14.1. The fourth-order valence-electron chi connectivity index (χ4n) is 1.35. The van der Waals surface area contributed by atoms with E-state index >= 15 is 0 Å². The van der Waals surface area contributed by atoms with Gasteiger partial charge in [0.15, 0.2) is 0 Å². The molecule has 0 radical (unpaired) electrons. The first-order valence-corrected chi connectivity index (χ1v) is 5.43. The lowest BCUT2D eigenvalue weighted by Gasteiger charge is -2.13. The molecule has 18 heavy (non-hydrogen) atoms. The van der Waals surface area contributed by atoms with Crippen molar-refractivity contribution in [3.63, 3.8) is 0 Å². The Morgan fingerprint density at radius 2 is 2.00 bits per heavy atom. The van der Waals surface area contributed by atoms with E-state index in [1.54, 1.807) is 0 Å². The average Bonchev–Trinajstić information content (AvgIpc) is 2.27. The van der Waals surface area contributed by atoms with Gasteiger partial charge in [0.1, 0.15) is 5.75 Å². The minimum Gasteiger partial charge on any atom is -0.495 e. The number of benzene rings is 1. The number of carboxylic acid groups (broad SMARTS) is 1. The number of anilines is 1. The number of urea groups is 1. The fraction of sp³-hybridized carbons (Fsp3) is 0.333. The molecule has 1 aromatic carbocycles. The third-order valence-corrected chi connectivity index (χ3v) is 2.12. The average molecular weight is 252 g/mol. The lowest BCUT2D eigenvalue weighted by Crippen LogP contribution is -2.34. The molecule has 0 unspecified atom stereocenters. The molecule has 98 valence electrons. The van der Waals surface area contributed by atoms with Gasteiger partial charge in [-0.2, -0.15) is 0 Å². The van der Waals surface area contributed by atoms with Crippen LogP contribution in [0.15, 0.2) is 18.2 Å². The van der Waals surface area contributed by atoms with Crippen molar-refractivity contribution in [2.24, 2.45) is 0 Å². The highest BCUT2D eigenvalue weighted by atomic mass is 16.5. The van der Waals surface area contributed by atoms with E-state index in [-0.39, 0.29) is 17.6 Å². The van der Waals surface area contributed by atoms with Gasteiger partial charge in [-0.05, 0) is 32.0 Å². The molecule has 1 aromatic rings. The number of aromatic carboxylic acids is 1. The van der Waals surface area contributed by atoms with Crippen LogP contribution in [0.3, 0.4) is 0 Å². The predicted molar refractivity (Wildman–Crippen MR) is 67.2 cm³/mol. The molecule has 0 spiro atoms. The molecule has 3 N–H and O–H groups in total. The molecule has 1 rings (SSSR count). The van der Waals surface area contributed by atoms with Crippen molar-refractivity contribution < 1.29 is 19.4 Å². The van der Waals surface area contributed by atoms with Crippen molar-refractivity contribution in [1.82, 2.24) is 5.32 Å². The third kappa shape index (κ3) is 3.65. The molecule has 0 aromatic heterocycles. The molecule has 2 amide bonds. The molecule has 0 bridgehead atoms. The Bertz CT molecular complexity index is 457. The maximum Gasteiger partial charge on any atom is 0.335 e. The first-order valence-electron chi connectivity index (χ1n) is 5.43. The van der Waals surface area contributed by atoms with Gasteiger partial charge in [0.25, 0.3) is 0 Å². The molecular weight excluding hydrogens is 236 g/mol. The van der Waals surface area contributed by atoms with Crippen molar-refractivity contribution in [1.29, 1.82) is 0 Å². The van der Waals surface area contributed by atoms with Crippen LogP contribution in [0.2, 0.25) is 0 Å². The summed E-state index contributed by atoms with van der Waals surface area (Å²) >= 11 is 0. The second-order valence-electron chi connectivity index (χ2n) is 3.97. The number of carboxylic acids is 1. The second kappa shape index (κ2) is 5.90. The number of ether oxygens (including phenoxy) is 1. The molecule has 0 saturated heterocycles. The summed E-state index contributed by atoms with van der Waals surface area (Å²) in [6, 6.07) is 3.88. The first kappa shape index (κ1) is 13.8. The highest BCUT2D eigenvalue weighted by molar-refractivity contribution is 5.93. The number of hydrogen-bond acceptors (Lipinski definition) is 3. The molecule has 0 atom stereocenters. The van der Waals surface area contributed by atoms with Gasteiger partial charge < -0.3 is 20.5 Å². The van der Waals surface area contributed by atoms with Crippen molar-refractivity contribution in [2.45, 2.75) is 19.9 Å². The molecule has 0 heterocycles. The van der Waals surface area contributed by atoms with E-state index in [0.717, 1.165) is 0 Å². The number of rotatable bonds is 4. The summed E-state index contributed by atoms with van der Waals surface area (Å²) < 4.78 is 5.04. The maximum absolute atomic E-state index is 11.5. The van der Waals surface area contributed by atoms with Crippen molar-refractivity contribution in [2.75, 3.05) is 12.4 Å². The molecule has 0 fully saturated rings. The van der Waals surface area contributed by atoms with Crippen molar-refractivity contribution >= 4 is 17.7 Å². The van der Waals surface area contributed by atoms with Gasteiger partial charge in [0.05, 0.1) is 18.4 Å². The summed E-state index contributed by atoms with van der Waals surface area (Å²) in [6.45, 7) is 3.68. The summed E-state index contributed by atoms with van der Waals surface area (Å²) in [5.74, 6) is -0.750. The molecule has 0 aliphatic rings. The maximum atomic E-state index is 11.5. The molecule has 0 aliphatic heterocycles. The number of carbonyl (C=O) groups excluding carboxylic acids is 1. The minimum absolute atomic E-state index is 0.00860. The van der Waals surface area contributed by atoms with Crippen LogP contribution >= 0.6 is 0 Å². The SMILES string of the molecule is COc1cc(C(=O)O)ccc1NC(=O)NC(C)C. The van der Waals surface area contributed by atoms with Crippen molar-refractivity contribution in [3.8, 4) is 5.75 Å². The van der Waals surface area contributed by atoms with Gasteiger partial charge in [0.2, 0.25) is 0 Å². The van der Waals surface area contributed by atoms with Crippen LogP contribution in [0.1, 0.15) is 24.2 Å². The van der Waals surface area contributed by atoms with E-state index < -0.39 is 5.97 Å². The number of methoxy groups -OCH3 is 1. The molecule has 6 heteroatoms. The molecule has 0 aliphatic carbocycles. The molecule has 6 nitrogen and oxygen atoms in total. The Morgan fingerprint density at radius 3 is 2.50 bits per heavy atom. The summed E-state index contributed by atoms with van der Waals surface area (Å²) in [5.41, 5.74) is 0.516. The number of nitrogens with one attached hydrogen (secondary N) is 2. The lowest BCUT2D eigenvalue weighted by molar-refractivity contribution is 0.0696. The van der Waals surface area contributed by atoms with Crippen LogP contribution in [0.25, 0.3) is 0 Å². The fourth-order valence-corrected chi connectivity index (χ4v) is 1.35. The largest absolute Gasteiger partial charge is 0.495 e. The Morgan fingerprint density at radius 1 is 1.33 bits per heavy atom. The Labute approximate surface area is 105 Å². The number of amides is 2. The van der Waals surface area contributed by atoms with E-state index in [2.05, 4.69) is 10.6 Å². The Hall–Kier alpha value is -2.24. The predicted octanol–water partition coefficient (Wildman–Crippen LogP) is 1.92. The quantitative estimate of drug-likeness (QED) is 0.764. The topological polar surface area (TPSA) is 87.7 Å². The minimum atomic E-state index is -1.05. The van der Waals surface area contributed by atoms with Crippen LogP contribution in [0.5, 0.6) is 5.75 Å². The van der Waals surface area contributed by atoms with Crippen LogP contribution in [-0.4, -0.2) is 30.3 Å². The molecule has 0 saturated carbocycles. The zero-order valence-electron chi connectivity index (χ0n) is 10.5. The lowest BCUT2D eigenvalue weighted by atomic mass is 10.2. The summed E-state index contributed by atoms with van der Waals surface area (Å²) in [6.07, 6.45) is 0. The monoisotopic (exact) mass is 252 g/mol. The molecular formula is C12H16N2O4. The standard InChI is InChI=1S/C12H16N2O4/c1-7(2)13-12(17)14-9-5-4-8(11(15)16)6-10(9)18-3/h4-7H,1-3H3,(H,15,16)(H2,13,14,17). The highest BCUT2D eigenvalue weighted by Crippen LogP contribution is 2.25. The summed E-state index contributed by atoms with van der Waals surface area (Å²) in [7, 11) is 1.41. The van der Waals surface area contributed by atoms with Gasteiger partial charge >= 0.3 is 12.0 Å². The van der Waals surface area contributed by atoms with E-state index in [0.29, 0.717) is 11.4 Å². The van der Waals surface area contributed by atoms with Crippen LogP contribution in [-0.2, 0) is 0 Å². The smallest absolute Gasteiger partial charge is 0.335 e. The van der Waals surface area contributed by atoms with E-state index in [1.807, 2.05) is 13.8 Å². The van der Waals surface area contributed by atoms with Gasteiger partial charge in [-0.1, -0.05) is 0 Å².